The van der Waals surface area contributed by atoms with E-state index in [9.17, 15) is 0 Å². The van der Waals surface area contributed by atoms with Crippen molar-refractivity contribution in [2.45, 2.75) is 66.2 Å². The van der Waals surface area contributed by atoms with Gasteiger partial charge in [-0.05, 0) is 53.2 Å². The normalized spacial score (nSPS) is 12.4. The zero-order valence-electron chi connectivity index (χ0n) is 13.9. The largest absolute Gasteiger partial charge is 0.463 e. The second kappa shape index (κ2) is 7.09. The Morgan fingerprint density at radius 2 is 2.05 bits per heavy atom. The molecule has 0 aliphatic heterocycles. The molecule has 0 aliphatic rings. The molecule has 1 aromatic rings. The topological polar surface area (TPSA) is 28.4 Å². The van der Waals surface area contributed by atoms with Crippen molar-refractivity contribution < 1.29 is 4.42 Å². The van der Waals surface area contributed by atoms with Gasteiger partial charge >= 0.3 is 0 Å². The van der Waals surface area contributed by atoms with E-state index in [0.717, 1.165) is 31.2 Å². The van der Waals surface area contributed by atoms with E-state index in [-0.39, 0.29) is 5.54 Å². The molecule has 0 aromatic carbocycles. The molecule has 0 saturated carbocycles. The quantitative estimate of drug-likeness (QED) is 0.767. The highest BCUT2D eigenvalue weighted by molar-refractivity contribution is 5.20. The first-order valence-corrected chi connectivity index (χ1v) is 7.41. The molecule has 0 saturated heterocycles. The number of hydrogen-bond acceptors (Lipinski definition) is 3. The fraction of sp³-hybridized carbons (Fsp3) is 0.647. The molecule has 3 heteroatoms. The van der Waals surface area contributed by atoms with Gasteiger partial charge in [-0.2, -0.15) is 0 Å². The van der Waals surface area contributed by atoms with E-state index >= 15 is 0 Å². The molecular weight excluding hydrogens is 248 g/mol. The fourth-order valence-corrected chi connectivity index (χ4v) is 2.01. The van der Waals surface area contributed by atoms with Crippen LogP contribution in [0.25, 0.3) is 0 Å². The van der Waals surface area contributed by atoms with E-state index in [1.54, 1.807) is 0 Å². The maximum absolute atomic E-state index is 6.00. The summed E-state index contributed by atoms with van der Waals surface area (Å²) < 4.78 is 6.00. The lowest BCUT2D eigenvalue weighted by Crippen LogP contribution is -2.35. The summed E-state index contributed by atoms with van der Waals surface area (Å²) in [6.45, 7) is 19.3. The van der Waals surface area contributed by atoms with Gasteiger partial charge in [-0.15, -0.1) is 6.58 Å². The molecule has 0 radical (unpaired) electrons. The van der Waals surface area contributed by atoms with Gasteiger partial charge in [-0.25, -0.2) is 0 Å². The Morgan fingerprint density at radius 1 is 1.40 bits per heavy atom. The number of aryl methyl sites for hydroxylation is 1. The number of furan rings is 1. The van der Waals surface area contributed by atoms with Crippen LogP contribution in [0.15, 0.2) is 23.1 Å². The molecule has 1 rings (SSSR count). The average molecular weight is 278 g/mol. The summed E-state index contributed by atoms with van der Waals surface area (Å²) in [5.41, 5.74) is 1.32. The first-order valence-electron chi connectivity index (χ1n) is 7.41. The molecular formula is C17H30N2O. The molecule has 0 spiro atoms. The molecule has 1 N–H and O–H groups in total. The average Bonchev–Trinajstić information content (AvgIpc) is 2.65. The Balaban J connectivity index is 2.71. The Hall–Kier alpha value is -1.06. The lowest BCUT2D eigenvalue weighted by molar-refractivity contribution is 0.215. The zero-order chi connectivity index (χ0) is 15.3. The zero-order valence-corrected chi connectivity index (χ0v) is 13.9. The first-order chi connectivity index (χ1) is 9.23. The molecule has 0 amide bonds. The van der Waals surface area contributed by atoms with E-state index in [2.05, 4.69) is 64.4 Å². The number of hydrogen-bond donors (Lipinski definition) is 1. The monoisotopic (exact) mass is 278 g/mol. The van der Waals surface area contributed by atoms with E-state index in [0.29, 0.717) is 6.04 Å². The Kier molecular flexibility index (Phi) is 6.03. The predicted octanol–water partition coefficient (Wildman–Crippen LogP) is 3.87. The summed E-state index contributed by atoms with van der Waals surface area (Å²) in [5, 5.41) is 3.47. The maximum Gasteiger partial charge on any atom is 0.120 e. The van der Waals surface area contributed by atoms with Crippen LogP contribution in [0.2, 0.25) is 0 Å². The van der Waals surface area contributed by atoms with Crippen molar-refractivity contribution >= 4 is 0 Å². The van der Waals surface area contributed by atoms with Gasteiger partial charge in [0.2, 0.25) is 0 Å². The third-order valence-electron chi connectivity index (χ3n) is 3.30. The van der Waals surface area contributed by atoms with Gasteiger partial charge in [0, 0.05) is 18.1 Å². The van der Waals surface area contributed by atoms with Crippen LogP contribution in [-0.2, 0) is 13.1 Å². The molecule has 3 nitrogen and oxygen atoms in total. The van der Waals surface area contributed by atoms with E-state index in [4.69, 9.17) is 4.42 Å². The minimum Gasteiger partial charge on any atom is -0.463 e. The van der Waals surface area contributed by atoms with Crippen LogP contribution in [0.3, 0.4) is 0 Å². The molecule has 0 unspecified atom stereocenters. The van der Waals surface area contributed by atoms with E-state index < -0.39 is 0 Å². The van der Waals surface area contributed by atoms with E-state index in [1.165, 1.54) is 5.56 Å². The van der Waals surface area contributed by atoms with Crippen molar-refractivity contribution in [2.24, 2.45) is 0 Å². The number of rotatable bonds is 7. The van der Waals surface area contributed by atoms with Crippen molar-refractivity contribution in [1.82, 2.24) is 10.2 Å². The highest BCUT2D eigenvalue weighted by Gasteiger charge is 2.15. The van der Waals surface area contributed by atoms with Gasteiger partial charge in [0.1, 0.15) is 11.5 Å². The molecule has 114 valence electrons. The minimum absolute atomic E-state index is 0.103. The Labute approximate surface area is 124 Å². The van der Waals surface area contributed by atoms with Crippen LogP contribution in [0, 0.1) is 6.92 Å². The molecule has 0 aliphatic carbocycles. The van der Waals surface area contributed by atoms with Crippen LogP contribution in [0.1, 0.15) is 51.7 Å². The standard InChI is InChI=1S/C17H30N2O/c1-8-9-19(13(2)3)12-15-10-14(4)16(20-15)11-18-17(5,6)7/h8,10,13,18H,1,9,11-12H2,2-7H3. The van der Waals surface area contributed by atoms with Crippen LogP contribution in [-0.4, -0.2) is 23.0 Å². The molecule has 20 heavy (non-hydrogen) atoms. The van der Waals surface area contributed by atoms with Crippen LogP contribution < -0.4 is 5.32 Å². The van der Waals surface area contributed by atoms with E-state index in [1.807, 2.05) is 6.08 Å². The van der Waals surface area contributed by atoms with Crippen molar-refractivity contribution in [3.05, 3.63) is 35.8 Å². The second-order valence-corrected chi connectivity index (χ2v) is 6.73. The molecule has 1 aromatic heterocycles. The van der Waals surface area contributed by atoms with Gasteiger partial charge in [0.25, 0.3) is 0 Å². The van der Waals surface area contributed by atoms with Crippen molar-refractivity contribution in [3.63, 3.8) is 0 Å². The lowest BCUT2D eigenvalue weighted by Gasteiger charge is -2.23. The number of nitrogens with zero attached hydrogens (tertiary/aromatic N) is 1. The van der Waals surface area contributed by atoms with Gasteiger partial charge in [0.05, 0.1) is 13.1 Å². The lowest BCUT2D eigenvalue weighted by atomic mass is 10.1. The highest BCUT2D eigenvalue weighted by atomic mass is 16.3. The maximum atomic E-state index is 6.00. The summed E-state index contributed by atoms with van der Waals surface area (Å²) in [7, 11) is 0. The summed E-state index contributed by atoms with van der Waals surface area (Å²) >= 11 is 0. The van der Waals surface area contributed by atoms with Gasteiger partial charge in [-0.3, -0.25) is 4.90 Å². The van der Waals surface area contributed by atoms with Gasteiger partial charge < -0.3 is 9.73 Å². The minimum atomic E-state index is 0.103. The van der Waals surface area contributed by atoms with Crippen LogP contribution in [0.5, 0.6) is 0 Å². The van der Waals surface area contributed by atoms with Crippen LogP contribution in [0.4, 0.5) is 0 Å². The highest BCUT2D eigenvalue weighted by Crippen LogP contribution is 2.18. The SMILES string of the molecule is C=CCN(Cc1cc(C)c(CNC(C)(C)C)o1)C(C)C. The Morgan fingerprint density at radius 3 is 2.55 bits per heavy atom. The molecule has 1 heterocycles. The fourth-order valence-electron chi connectivity index (χ4n) is 2.01. The summed E-state index contributed by atoms with van der Waals surface area (Å²) in [5.74, 6) is 2.07. The molecule has 0 atom stereocenters. The first kappa shape index (κ1) is 17.0. The molecule has 0 bridgehead atoms. The predicted molar refractivity (Wildman–Crippen MR) is 85.8 cm³/mol. The third kappa shape index (κ3) is 5.51. The Bertz CT molecular complexity index is 427. The summed E-state index contributed by atoms with van der Waals surface area (Å²) in [6.07, 6.45) is 1.94. The molecule has 0 fully saturated rings. The summed E-state index contributed by atoms with van der Waals surface area (Å²) in [6, 6.07) is 2.63. The summed E-state index contributed by atoms with van der Waals surface area (Å²) in [4.78, 5) is 2.34. The smallest absolute Gasteiger partial charge is 0.120 e. The van der Waals surface area contributed by atoms with Crippen LogP contribution >= 0.6 is 0 Å². The van der Waals surface area contributed by atoms with Crippen molar-refractivity contribution in [2.75, 3.05) is 6.54 Å². The van der Waals surface area contributed by atoms with Crippen molar-refractivity contribution in [1.29, 1.82) is 0 Å². The van der Waals surface area contributed by atoms with Gasteiger partial charge in [-0.1, -0.05) is 6.08 Å². The number of nitrogens with one attached hydrogen (secondary N) is 1. The van der Waals surface area contributed by atoms with Gasteiger partial charge in [0.15, 0.2) is 0 Å². The third-order valence-corrected chi connectivity index (χ3v) is 3.30. The second-order valence-electron chi connectivity index (χ2n) is 6.73. The van der Waals surface area contributed by atoms with Crippen molar-refractivity contribution in [3.8, 4) is 0 Å².